The highest BCUT2D eigenvalue weighted by atomic mass is 16.2. The fourth-order valence-corrected chi connectivity index (χ4v) is 2.53. The van der Waals surface area contributed by atoms with Gasteiger partial charge in [-0.1, -0.05) is 38.1 Å². The Kier molecular flexibility index (Phi) is 4.02. The van der Waals surface area contributed by atoms with Crippen LogP contribution in [0.1, 0.15) is 25.0 Å². The Morgan fingerprint density at radius 2 is 2.06 bits per heavy atom. The number of carbonyl (C=O) groups excluding carboxylic acids is 1. The summed E-state index contributed by atoms with van der Waals surface area (Å²) in [5.41, 5.74) is 2.61. The van der Waals surface area contributed by atoms with Crippen molar-refractivity contribution in [1.82, 2.24) is 10.2 Å². The lowest BCUT2D eigenvalue weighted by Gasteiger charge is -2.29. The molecule has 1 amide bonds. The van der Waals surface area contributed by atoms with Crippen molar-refractivity contribution < 1.29 is 4.79 Å². The second-order valence-electron chi connectivity index (χ2n) is 5.52. The minimum atomic E-state index is -0.0661. The van der Waals surface area contributed by atoms with Gasteiger partial charge in [-0.2, -0.15) is 0 Å². The van der Waals surface area contributed by atoms with E-state index in [9.17, 15) is 4.79 Å². The topological polar surface area (TPSA) is 32.3 Å². The zero-order chi connectivity index (χ0) is 13.1. The zero-order valence-corrected chi connectivity index (χ0v) is 11.4. The summed E-state index contributed by atoms with van der Waals surface area (Å²) in [6, 6.07) is 8.28. The summed E-state index contributed by atoms with van der Waals surface area (Å²) < 4.78 is 0. The van der Waals surface area contributed by atoms with Crippen molar-refractivity contribution in [2.24, 2.45) is 5.92 Å². The molecule has 98 valence electrons. The van der Waals surface area contributed by atoms with Crippen molar-refractivity contribution in [2.75, 3.05) is 13.6 Å². The van der Waals surface area contributed by atoms with Gasteiger partial charge >= 0.3 is 0 Å². The number of amides is 1. The van der Waals surface area contributed by atoms with Gasteiger partial charge in [0.25, 0.3) is 0 Å². The SMILES string of the molecule is CC(C)CN(C)C(=O)[C@@H]1Cc2ccccc2CN1. The van der Waals surface area contributed by atoms with Gasteiger partial charge < -0.3 is 10.2 Å². The minimum Gasteiger partial charge on any atom is -0.344 e. The van der Waals surface area contributed by atoms with Crippen LogP contribution in [-0.2, 0) is 17.8 Å². The standard InChI is InChI=1S/C15H22N2O/c1-11(2)10-17(3)15(18)14-8-12-6-4-5-7-13(12)9-16-14/h4-7,11,14,16H,8-10H2,1-3H3/t14-/m0/s1. The number of hydrogen-bond acceptors (Lipinski definition) is 2. The number of fused-ring (bicyclic) bond motifs is 1. The van der Waals surface area contributed by atoms with Crippen LogP contribution in [0.2, 0.25) is 0 Å². The average Bonchev–Trinajstić information content (AvgIpc) is 2.36. The van der Waals surface area contributed by atoms with E-state index in [1.54, 1.807) is 0 Å². The molecular formula is C15H22N2O. The number of nitrogens with one attached hydrogen (secondary N) is 1. The summed E-state index contributed by atoms with van der Waals surface area (Å²) in [6.45, 7) is 5.88. The van der Waals surface area contributed by atoms with Crippen molar-refractivity contribution >= 4 is 5.91 Å². The number of likely N-dealkylation sites (N-methyl/N-ethyl adjacent to an activating group) is 1. The number of nitrogens with zero attached hydrogens (tertiary/aromatic N) is 1. The van der Waals surface area contributed by atoms with E-state index < -0.39 is 0 Å². The van der Waals surface area contributed by atoms with Gasteiger partial charge in [-0.05, 0) is 23.5 Å². The van der Waals surface area contributed by atoms with Crippen LogP contribution >= 0.6 is 0 Å². The second kappa shape index (κ2) is 5.53. The van der Waals surface area contributed by atoms with E-state index in [0.29, 0.717) is 5.92 Å². The van der Waals surface area contributed by atoms with Crippen molar-refractivity contribution in [2.45, 2.75) is 32.9 Å². The molecule has 0 bridgehead atoms. The van der Waals surface area contributed by atoms with Crippen LogP contribution in [0.4, 0.5) is 0 Å². The first kappa shape index (κ1) is 13.1. The maximum Gasteiger partial charge on any atom is 0.239 e. The van der Waals surface area contributed by atoms with E-state index in [1.165, 1.54) is 11.1 Å². The van der Waals surface area contributed by atoms with Gasteiger partial charge in [-0.3, -0.25) is 4.79 Å². The predicted molar refractivity (Wildman–Crippen MR) is 73.2 cm³/mol. The van der Waals surface area contributed by atoms with E-state index in [4.69, 9.17) is 0 Å². The Morgan fingerprint density at radius 3 is 2.72 bits per heavy atom. The van der Waals surface area contributed by atoms with Crippen molar-refractivity contribution in [3.8, 4) is 0 Å². The summed E-state index contributed by atoms with van der Waals surface area (Å²) in [5.74, 6) is 0.716. The lowest BCUT2D eigenvalue weighted by Crippen LogP contribution is -2.48. The molecular weight excluding hydrogens is 224 g/mol. The monoisotopic (exact) mass is 246 g/mol. The first-order valence-electron chi connectivity index (χ1n) is 6.63. The van der Waals surface area contributed by atoms with Gasteiger partial charge in [-0.15, -0.1) is 0 Å². The van der Waals surface area contributed by atoms with Crippen molar-refractivity contribution in [3.05, 3.63) is 35.4 Å². The zero-order valence-electron chi connectivity index (χ0n) is 11.4. The largest absolute Gasteiger partial charge is 0.344 e. The maximum atomic E-state index is 12.3. The quantitative estimate of drug-likeness (QED) is 0.882. The Balaban J connectivity index is 2.02. The molecule has 1 atom stereocenters. The molecule has 0 spiro atoms. The van der Waals surface area contributed by atoms with Crippen LogP contribution in [0.15, 0.2) is 24.3 Å². The molecule has 0 radical (unpaired) electrons. The normalized spacial score (nSPS) is 18.6. The number of carbonyl (C=O) groups is 1. The molecule has 0 saturated heterocycles. The first-order valence-corrected chi connectivity index (χ1v) is 6.63. The molecule has 3 nitrogen and oxygen atoms in total. The molecule has 0 fully saturated rings. The summed E-state index contributed by atoms with van der Waals surface area (Å²) in [4.78, 5) is 14.2. The smallest absolute Gasteiger partial charge is 0.239 e. The van der Waals surface area contributed by atoms with Gasteiger partial charge in [0, 0.05) is 20.1 Å². The van der Waals surface area contributed by atoms with E-state index >= 15 is 0 Å². The Labute approximate surface area is 109 Å². The van der Waals surface area contributed by atoms with Crippen LogP contribution in [0.3, 0.4) is 0 Å². The van der Waals surface area contributed by atoms with Crippen LogP contribution in [-0.4, -0.2) is 30.4 Å². The molecule has 18 heavy (non-hydrogen) atoms. The van der Waals surface area contributed by atoms with Gasteiger partial charge in [0.05, 0.1) is 6.04 Å². The van der Waals surface area contributed by atoms with Gasteiger partial charge in [0.15, 0.2) is 0 Å². The van der Waals surface area contributed by atoms with Crippen LogP contribution in [0.25, 0.3) is 0 Å². The van der Waals surface area contributed by atoms with Crippen LogP contribution in [0.5, 0.6) is 0 Å². The molecule has 1 aromatic carbocycles. The van der Waals surface area contributed by atoms with Crippen LogP contribution < -0.4 is 5.32 Å². The fourth-order valence-electron chi connectivity index (χ4n) is 2.53. The third kappa shape index (κ3) is 2.91. The van der Waals surface area contributed by atoms with Gasteiger partial charge in [0.1, 0.15) is 0 Å². The molecule has 0 unspecified atom stereocenters. The minimum absolute atomic E-state index is 0.0661. The Bertz CT molecular complexity index is 428. The highest BCUT2D eigenvalue weighted by molar-refractivity contribution is 5.82. The lowest BCUT2D eigenvalue weighted by molar-refractivity contribution is -0.132. The van der Waals surface area contributed by atoms with Crippen molar-refractivity contribution in [3.63, 3.8) is 0 Å². The Hall–Kier alpha value is -1.35. The van der Waals surface area contributed by atoms with Gasteiger partial charge in [0.2, 0.25) is 5.91 Å². The summed E-state index contributed by atoms with van der Waals surface area (Å²) in [7, 11) is 1.89. The second-order valence-corrected chi connectivity index (χ2v) is 5.52. The van der Waals surface area contributed by atoms with Gasteiger partial charge in [-0.25, -0.2) is 0 Å². The van der Waals surface area contributed by atoms with E-state index in [-0.39, 0.29) is 11.9 Å². The molecule has 1 aliphatic heterocycles. The number of rotatable bonds is 3. The lowest BCUT2D eigenvalue weighted by atomic mass is 9.95. The summed E-state index contributed by atoms with van der Waals surface area (Å²) >= 11 is 0. The van der Waals surface area contributed by atoms with Crippen molar-refractivity contribution in [1.29, 1.82) is 0 Å². The summed E-state index contributed by atoms with van der Waals surface area (Å²) in [5, 5.41) is 3.34. The Morgan fingerprint density at radius 1 is 1.39 bits per heavy atom. The molecule has 1 heterocycles. The molecule has 1 N–H and O–H groups in total. The van der Waals surface area contributed by atoms with Crippen LogP contribution in [0, 0.1) is 5.92 Å². The molecule has 1 aromatic rings. The maximum absolute atomic E-state index is 12.3. The highest BCUT2D eigenvalue weighted by Gasteiger charge is 2.26. The van der Waals surface area contributed by atoms with E-state index in [0.717, 1.165) is 19.5 Å². The molecule has 1 aliphatic rings. The highest BCUT2D eigenvalue weighted by Crippen LogP contribution is 2.17. The number of hydrogen-bond donors (Lipinski definition) is 1. The number of benzene rings is 1. The van der Waals surface area contributed by atoms with E-state index in [2.05, 4.69) is 31.3 Å². The fraction of sp³-hybridized carbons (Fsp3) is 0.533. The third-order valence-corrected chi connectivity index (χ3v) is 3.39. The molecule has 0 aliphatic carbocycles. The summed E-state index contributed by atoms with van der Waals surface area (Å²) in [6.07, 6.45) is 0.803. The molecule has 0 aromatic heterocycles. The first-order chi connectivity index (χ1) is 8.58. The molecule has 3 heteroatoms. The molecule has 0 saturated carbocycles. The predicted octanol–water partition coefficient (Wildman–Crippen LogP) is 1.82. The average molecular weight is 246 g/mol. The molecule has 2 rings (SSSR count). The van der Waals surface area contributed by atoms with E-state index in [1.807, 2.05) is 24.1 Å². The third-order valence-electron chi connectivity index (χ3n) is 3.39.